The number of H-pyrrole nitrogens is 1. The SMILES string of the molecule is CN(c1nc2ccccc2[nH]1)C(C)(C)CCl. The Kier molecular flexibility index (Phi) is 2.80. The van der Waals surface area contributed by atoms with Crippen molar-refractivity contribution in [1.82, 2.24) is 9.97 Å². The number of aromatic nitrogens is 2. The van der Waals surface area contributed by atoms with Crippen LogP contribution in [-0.4, -0.2) is 28.4 Å². The van der Waals surface area contributed by atoms with Crippen molar-refractivity contribution in [2.45, 2.75) is 19.4 Å². The van der Waals surface area contributed by atoms with Gasteiger partial charge in [0.25, 0.3) is 0 Å². The zero-order valence-corrected chi connectivity index (χ0v) is 10.5. The summed E-state index contributed by atoms with van der Waals surface area (Å²) in [7, 11) is 2.00. The summed E-state index contributed by atoms with van der Waals surface area (Å²) >= 11 is 5.95. The van der Waals surface area contributed by atoms with Crippen molar-refractivity contribution >= 4 is 28.6 Å². The molecule has 16 heavy (non-hydrogen) atoms. The maximum atomic E-state index is 5.95. The van der Waals surface area contributed by atoms with Gasteiger partial charge in [0.15, 0.2) is 0 Å². The Labute approximate surface area is 100 Å². The van der Waals surface area contributed by atoms with Gasteiger partial charge in [-0.3, -0.25) is 0 Å². The molecule has 1 heterocycles. The Morgan fingerprint density at radius 3 is 2.69 bits per heavy atom. The number of alkyl halides is 1. The van der Waals surface area contributed by atoms with Crippen LogP contribution in [0.1, 0.15) is 13.8 Å². The minimum Gasteiger partial charge on any atom is -0.339 e. The van der Waals surface area contributed by atoms with E-state index in [1.54, 1.807) is 0 Å². The quantitative estimate of drug-likeness (QED) is 0.833. The Morgan fingerprint density at radius 1 is 1.38 bits per heavy atom. The lowest BCUT2D eigenvalue weighted by atomic mass is 10.1. The summed E-state index contributed by atoms with van der Waals surface area (Å²) in [4.78, 5) is 9.90. The number of imidazole rings is 1. The molecule has 0 radical (unpaired) electrons. The van der Waals surface area contributed by atoms with E-state index in [4.69, 9.17) is 11.6 Å². The average Bonchev–Trinajstić information content (AvgIpc) is 2.71. The number of aromatic amines is 1. The first-order valence-corrected chi connectivity index (χ1v) is 5.82. The van der Waals surface area contributed by atoms with Crippen molar-refractivity contribution in [3.8, 4) is 0 Å². The molecule has 3 nitrogen and oxygen atoms in total. The maximum Gasteiger partial charge on any atom is 0.204 e. The molecule has 0 unspecified atom stereocenters. The minimum atomic E-state index is -0.116. The predicted octanol–water partition coefficient (Wildman–Crippen LogP) is 3.02. The van der Waals surface area contributed by atoms with Crippen LogP contribution in [0.5, 0.6) is 0 Å². The largest absolute Gasteiger partial charge is 0.339 e. The Morgan fingerprint density at radius 2 is 2.06 bits per heavy atom. The maximum absolute atomic E-state index is 5.95. The van der Waals surface area contributed by atoms with E-state index >= 15 is 0 Å². The van der Waals surface area contributed by atoms with Crippen molar-refractivity contribution < 1.29 is 0 Å². The highest BCUT2D eigenvalue weighted by Crippen LogP contribution is 2.23. The first-order chi connectivity index (χ1) is 7.54. The first kappa shape index (κ1) is 11.3. The van der Waals surface area contributed by atoms with E-state index < -0.39 is 0 Å². The number of fused-ring (bicyclic) bond motifs is 1. The molecule has 0 saturated heterocycles. The van der Waals surface area contributed by atoms with Gasteiger partial charge in [-0.05, 0) is 26.0 Å². The van der Waals surface area contributed by atoms with Crippen LogP contribution in [0.15, 0.2) is 24.3 Å². The molecule has 1 aromatic carbocycles. The summed E-state index contributed by atoms with van der Waals surface area (Å²) in [6.07, 6.45) is 0. The van der Waals surface area contributed by atoms with E-state index in [9.17, 15) is 0 Å². The molecule has 0 aliphatic rings. The molecule has 1 aromatic heterocycles. The fourth-order valence-corrected chi connectivity index (χ4v) is 1.65. The lowest BCUT2D eigenvalue weighted by Gasteiger charge is -2.33. The fourth-order valence-electron chi connectivity index (χ4n) is 1.47. The highest BCUT2D eigenvalue weighted by Gasteiger charge is 2.24. The van der Waals surface area contributed by atoms with Crippen LogP contribution in [0.3, 0.4) is 0 Å². The highest BCUT2D eigenvalue weighted by atomic mass is 35.5. The van der Waals surface area contributed by atoms with E-state index in [1.807, 2.05) is 31.3 Å². The third-order valence-corrected chi connectivity index (χ3v) is 3.58. The van der Waals surface area contributed by atoms with Crippen LogP contribution < -0.4 is 4.90 Å². The number of nitrogens with one attached hydrogen (secondary N) is 1. The van der Waals surface area contributed by atoms with Gasteiger partial charge in [0.05, 0.1) is 16.6 Å². The van der Waals surface area contributed by atoms with Crippen LogP contribution in [0.2, 0.25) is 0 Å². The van der Waals surface area contributed by atoms with E-state index in [-0.39, 0.29) is 5.54 Å². The molecule has 0 bridgehead atoms. The number of rotatable bonds is 3. The van der Waals surface area contributed by atoms with E-state index in [2.05, 4.69) is 28.7 Å². The summed E-state index contributed by atoms with van der Waals surface area (Å²) in [5, 5.41) is 0. The van der Waals surface area contributed by atoms with Gasteiger partial charge in [0.1, 0.15) is 0 Å². The van der Waals surface area contributed by atoms with Crippen molar-refractivity contribution in [3.63, 3.8) is 0 Å². The van der Waals surface area contributed by atoms with E-state index in [1.165, 1.54) is 0 Å². The molecule has 0 atom stereocenters. The molecule has 0 saturated carbocycles. The molecule has 86 valence electrons. The van der Waals surface area contributed by atoms with Gasteiger partial charge in [-0.25, -0.2) is 4.98 Å². The van der Waals surface area contributed by atoms with E-state index in [0.717, 1.165) is 17.0 Å². The second-order valence-electron chi connectivity index (χ2n) is 4.58. The summed E-state index contributed by atoms with van der Waals surface area (Å²) in [5.74, 6) is 1.41. The van der Waals surface area contributed by atoms with Crippen molar-refractivity contribution in [2.24, 2.45) is 0 Å². The monoisotopic (exact) mass is 237 g/mol. The number of benzene rings is 1. The molecule has 0 spiro atoms. The van der Waals surface area contributed by atoms with E-state index in [0.29, 0.717) is 5.88 Å². The molecule has 0 aliphatic heterocycles. The average molecular weight is 238 g/mol. The van der Waals surface area contributed by atoms with Gasteiger partial charge < -0.3 is 9.88 Å². The molecule has 2 aromatic rings. The number of para-hydroxylation sites is 2. The lowest BCUT2D eigenvalue weighted by Crippen LogP contribution is -2.43. The van der Waals surface area contributed by atoms with Gasteiger partial charge in [-0.2, -0.15) is 0 Å². The van der Waals surface area contributed by atoms with Crippen molar-refractivity contribution in [3.05, 3.63) is 24.3 Å². The van der Waals surface area contributed by atoms with Crippen LogP contribution in [0.25, 0.3) is 11.0 Å². The lowest BCUT2D eigenvalue weighted by molar-refractivity contribution is 0.537. The third kappa shape index (κ3) is 1.87. The van der Waals surface area contributed by atoms with Gasteiger partial charge in [-0.15, -0.1) is 11.6 Å². The molecule has 2 rings (SSSR count). The summed E-state index contributed by atoms with van der Waals surface area (Å²) in [6.45, 7) is 4.18. The molecule has 0 amide bonds. The Bertz CT molecular complexity index is 457. The Balaban J connectivity index is 2.40. The number of hydrogen-bond acceptors (Lipinski definition) is 2. The van der Waals surface area contributed by atoms with Crippen molar-refractivity contribution in [1.29, 1.82) is 0 Å². The summed E-state index contributed by atoms with van der Waals surface area (Å²) in [5.41, 5.74) is 1.92. The number of hydrogen-bond donors (Lipinski definition) is 1. The second kappa shape index (κ2) is 3.98. The molecular formula is C12H16ClN3. The zero-order valence-electron chi connectivity index (χ0n) is 9.79. The summed E-state index contributed by atoms with van der Waals surface area (Å²) < 4.78 is 0. The zero-order chi connectivity index (χ0) is 11.8. The molecule has 4 heteroatoms. The predicted molar refractivity (Wildman–Crippen MR) is 69.3 cm³/mol. The number of nitrogens with zero attached hydrogens (tertiary/aromatic N) is 2. The van der Waals surface area contributed by atoms with Gasteiger partial charge in [-0.1, -0.05) is 12.1 Å². The standard InChI is InChI=1S/C12H16ClN3/c1-12(2,8-13)16(3)11-14-9-6-4-5-7-10(9)15-11/h4-7H,8H2,1-3H3,(H,14,15). The molecule has 0 aliphatic carbocycles. The molecule has 1 N–H and O–H groups in total. The smallest absolute Gasteiger partial charge is 0.204 e. The second-order valence-corrected chi connectivity index (χ2v) is 4.85. The van der Waals surface area contributed by atoms with Crippen LogP contribution in [0.4, 0.5) is 5.95 Å². The van der Waals surface area contributed by atoms with Crippen molar-refractivity contribution in [2.75, 3.05) is 17.8 Å². The van der Waals surface area contributed by atoms with Gasteiger partial charge >= 0.3 is 0 Å². The molecular weight excluding hydrogens is 222 g/mol. The topological polar surface area (TPSA) is 31.9 Å². The normalized spacial score (nSPS) is 12.0. The third-order valence-electron chi connectivity index (χ3n) is 2.93. The van der Waals surface area contributed by atoms with Crippen LogP contribution in [-0.2, 0) is 0 Å². The molecule has 0 fully saturated rings. The van der Waals surface area contributed by atoms with Gasteiger partial charge in [0.2, 0.25) is 5.95 Å². The van der Waals surface area contributed by atoms with Crippen LogP contribution >= 0.6 is 11.6 Å². The fraction of sp³-hybridized carbons (Fsp3) is 0.417. The van der Waals surface area contributed by atoms with Gasteiger partial charge in [0, 0.05) is 12.9 Å². The number of anilines is 1. The van der Waals surface area contributed by atoms with Crippen LogP contribution in [0, 0.1) is 0 Å². The Hall–Kier alpha value is -1.22. The summed E-state index contributed by atoms with van der Waals surface area (Å²) in [6, 6.07) is 8.00. The first-order valence-electron chi connectivity index (χ1n) is 5.29. The minimum absolute atomic E-state index is 0.116. The number of halogens is 1. The highest BCUT2D eigenvalue weighted by molar-refractivity contribution is 6.18.